The van der Waals surface area contributed by atoms with Gasteiger partial charge in [0.25, 0.3) is 5.91 Å². The summed E-state index contributed by atoms with van der Waals surface area (Å²) in [6.45, 7) is -0.188. The summed E-state index contributed by atoms with van der Waals surface area (Å²) < 4.78 is 5.83. The molecule has 0 fully saturated rings. The maximum atomic E-state index is 13.1. The van der Waals surface area contributed by atoms with E-state index in [-0.39, 0.29) is 42.2 Å². The minimum absolute atomic E-state index is 0.0362. The van der Waals surface area contributed by atoms with Crippen LogP contribution in [0.3, 0.4) is 0 Å². The van der Waals surface area contributed by atoms with Gasteiger partial charge < -0.3 is 31.7 Å². The van der Waals surface area contributed by atoms with Crippen LogP contribution in [0.15, 0.2) is 66.7 Å². The number of anilines is 1. The van der Waals surface area contributed by atoms with Crippen LogP contribution >= 0.6 is 0 Å². The Labute approximate surface area is 223 Å². The zero-order chi connectivity index (χ0) is 28.5. The van der Waals surface area contributed by atoms with Gasteiger partial charge in [-0.25, -0.2) is 4.79 Å². The molecule has 0 radical (unpaired) electrons. The topological polar surface area (TPSA) is 206 Å². The van der Waals surface area contributed by atoms with E-state index in [0.717, 1.165) is 11.1 Å². The van der Waals surface area contributed by atoms with Gasteiger partial charge in [0.2, 0.25) is 5.78 Å². The van der Waals surface area contributed by atoms with Crippen molar-refractivity contribution >= 4 is 35.2 Å². The Bertz CT molecular complexity index is 1400. The van der Waals surface area contributed by atoms with E-state index < -0.39 is 36.1 Å². The average Bonchev–Trinajstić information content (AvgIpc) is 2.90. The third-order valence-electron chi connectivity index (χ3n) is 5.82. The number of hydrogen-bond donors (Lipinski definition) is 6. The molecular formula is C28H28N4O7. The first-order valence-electron chi connectivity index (χ1n) is 11.9. The molecule has 39 heavy (non-hydrogen) atoms. The zero-order valence-electron chi connectivity index (χ0n) is 20.8. The number of ketones is 1. The van der Waals surface area contributed by atoms with Crippen molar-refractivity contribution in [3.05, 3.63) is 83.4 Å². The molecule has 1 atom stereocenters. The van der Waals surface area contributed by atoms with Crippen molar-refractivity contribution in [1.82, 2.24) is 5.32 Å². The Morgan fingerprint density at radius 2 is 1.64 bits per heavy atom. The lowest BCUT2D eigenvalue weighted by Crippen LogP contribution is -2.39. The van der Waals surface area contributed by atoms with Gasteiger partial charge in [0.05, 0.1) is 6.04 Å². The molecule has 3 rings (SSSR count). The van der Waals surface area contributed by atoms with Crippen LogP contribution in [0.25, 0.3) is 11.1 Å². The highest BCUT2D eigenvalue weighted by molar-refractivity contribution is 6.33. The summed E-state index contributed by atoms with van der Waals surface area (Å²) in [5.74, 6) is -4.36. The van der Waals surface area contributed by atoms with Crippen LogP contribution in [0.5, 0.6) is 5.75 Å². The molecule has 0 bridgehead atoms. The number of benzene rings is 3. The highest BCUT2D eigenvalue weighted by Crippen LogP contribution is 2.23. The summed E-state index contributed by atoms with van der Waals surface area (Å²) in [6.07, 6.45) is -0.681. The van der Waals surface area contributed by atoms with Crippen molar-refractivity contribution in [1.29, 1.82) is 5.41 Å². The Kier molecular flexibility index (Phi) is 9.36. The molecule has 0 aliphatic rings. The molecule has 1 amide bonds. The van der Waals surface area contributed by atoms with Gasteiger partial charge in [-0.2, -0.15) is 0 Å². The number of nitrogens with two attached hydrogens (primary N) is 2. The van der Waals surface area contributed by atoms with E-state index in [1.54, 1.807) is 30.3 Å². The maximum Gasteiger partial charge on any atom is 0.372 e. The Balaban J connectivity index is 1.80. The largest absolute Gasteiger partial charge is 0.491 e. The fraction of sp³-hybridized carbons (Fsp3) is 0.179. The van der Waals surface area contributed by atoms with Gasteiger partial charge in [-0.1, -0.05) is 36.4 Å². The molecule has 3 aromatic rings. The Morgan fingerprint density at radius 1 is 0.923 bits per heavy atom. The van der Waals surface area contributed by atoms with Gasteiger partial charge >= 0.3 is 11.9 Å². The number of aliphatic carboxylic acids is 2. The molecule has 0 spiro atoms. The fourth-order valence-electron chi connectivity index (χ4n) is 3.72. The molecule has 0 aliphatic heterocycles. The van der Waals surface area contributed by atoms with Crippen molar-refractivity contribution in [2.24, 2.45) is 5.73 Å². The second kappa shape index (κ2) is 12.9. The molecule has 11 heteroatoms. The summed E-state index contributed by atoms with van der Waals surface area (Å²) in [5, 5.41) is 28.6. The van der Waals surface area contributed by atoms with E-state index in [4.69, 9.17) is 26.7 Å². The van der Waals surface area contributed by atoms with Gasteiger partial charge in [0, 0.05) is 35.2 Å². The van der Waals surface area contributed by atoms with Gasteiger partial charge in [0.1, 0.15) is 18.2 Å². The van der Waals surface area contributed by atoms with E-state index in [9.17, 15) is 24.3 Å². The predicted molar refractivity (Wildman–Crippen MR) is 144 cm³/mol. The predicted octanol–water partition coefficient (Wildman–Crippen LogP) is 2.46. The number of carboxylic acids is 2. The number of carboxylic acid groups (broad SMARTS) is 2. The number of carbonyl (C=O) groups is 4. The van der Waals surface area contributed by atoms with Gasteiger partial charge in [-0.3, -0.25) is 19.8 Å². The van der Waals surface area contributed by atoms with Crippen LogP contribution in [-0.4, -0.2) is 52.3 Å². The molecule has 0 aromatic heterocycles. The summed E-state index contributed by atoms with van der Waals surface area (Å²) >= 11 is 0. The molecule has 0 aliphatic carbocycles. The third-order valence-corrected chi connectivity index (χ3v) is 5.82. The number of hydrogen-bond acceptors (Lipinski definition) is 7. The first-order chi connectivity index (χ1) is 18.5. The summed E-state index contributed by atoms with van der Waals surface area (Å²) in [5.41, 5.74) is 14.4. The summed E-state index contributed by atoms with van der Waals surface area (Å²) in [4.78, 5) is 47.2. The van der Waals surface area contributed by atoms with Crippen LogP contribution in [-0.2, 0) is 20.8 Å². The minimum Gasteiger partial charge on any atom is -0.491 e. The number of amidine groups is 1. The standard InChI is InChI=1S/C28H28N4O7/c29-21-8-6-16(7-9-21)17-2-1-3-20(12-17)27(36)32-22(10-11-25(34)35)15-39-24-14-19(26(30)31)5-4-18(24)13-23(33)28(37)38/h1-9,12,14,22H,10-11,13,15,29H2,(H3,30,31)(H,32,36)(H,34,35)(H,37,38)/t22-/m1/s1. The van der Waals surface area contributed by atoms with Crippen molar-refractivity contribution in [3.8, 4) is 16.9 Å². The lowest BCUT2D eigenvalue weighted by Gasteiger charge is -2.20. The normalized spacial score (nSPS) is 11.3. The van der Waals surface area contributed by atoms with Crippen molar-refractivity contribution in [2.75, 3.05) is 12.3 Å². The van der Waals surface area contributed by atoms with Gasteiger partial charge in [0.15, 0.2) is 0 Å². The quantitative estimate of drug-likeness (QED) is 0.0826. The molecule has 8 N–H and O–H groups in total. The molecule has 0 heterocycles. The van der Waals surface area contributed by atoms with Crippen LogP contribution in [0.2, 0.25) is 0 Å². The van der Waals surface area contributed by atoms with Crippen molar-refractivity contribution < 1.29 is 34.1 Å². The van der Waals surface area contributed by atoms with E-state index in [1.807, 2.05) is 18.2 Å². The van der Waals surface area contributed by atoms with Gasteiger partial charge in [-0.05, 0) is 47.9 Å². The van der Waals surface area contributed by atoms with E-state index in [1.165, 1.54) is 18.2 Å². The molecule has 11 nitrogen and oxygen atoms in total. The van der Waals surface area contributed by atoms with E-state index in [2.05, 4.69) is 5.32 Å². The minimum atomic E-state index is -1.61. The molecule has 0 unspecified atom stereocenters. The molecule has 0 saturated carbocycles. The number of amides is 1. The van der Waals surface area contributed by atoms with E-state index in [0.29, 0.717) is 11.3 Å². The van der Waals surface area contributed by atoms with Crippen molar-refractivity contribution in [3.63, 3.8) is 0 Å². The summed E-state index contributed by atoms with van der Waals surface area (Å²) in [7, 11) is 0. The van der Waals surface area contributed by atoms with Crippen LogP contribution in [0.1, 0.15) is 34.3 Å². The molecule has 0 saturated heterocycles. The molecule has 3 aromatic carbocycles. The third kappa shape index (κ3) is 8.15. The van der Waals surface area contributed by atoms with Gasteiger partial charge in [-0.15, -0.1) is 0 Å². The number of rotatable bonds is 13. The maximum absolute atomic E-state index is 13.1. The summed E-state index contributed by atoms with van der Waals surface area (Å²) in [6, 6.07) is 17.6. The van der Waals surface area contributed by atoms with Crippen LogP contribution in [0.4, 0.5) is 5.69 Å². The average molecular weight is 533 g/mol. The highest BCUT2D eigenvalue weighted by atomic mass is 16.5. The smallest absolute Gasteiger partial charge is 0.372 e. The second-order valence-electron chi connectivity index (χ2n) is 8.76. The SMILES string of the molecule is N=C(N)c1ccc(CC(=O)C(=O)O)c(OC[C@@H](CCC(=O)O)NC(=O)c2cccc(-c3ccc(N)cc3)c2)c1. The van der Waals surface area contributed by atoms with E-state index >= 15 is 0 Å². The number of carbonyl (C=O) groups excluding carboxylic acids is 2. The lowest BCUT2D eigenvalue weighted by atomic mass is 10.0. The lowest BCUT2D eigenvalue weighted by molar-refractivity contribution is -0.148. The Morgan fingerprint density at radius 3 is 2.28 bits per heavy atom. The second-order valence-corrected chi connectivity index (χ2v) is 8.76. The zero-order valence-corrected chi connectivity index (χ0v) is 20.8. The van der Waals surface area contributed by atoms with Crippen LogP contribution in [0, 0.1) is 5.41 Å². The van der Waals surface area contributed by atoms with Crippen LogP contribution < -0.4 is 21.5 Å². The fourth-order valence-corrected chi connectivity index (χ4v) is 3.72. The number of Topliss-reactive ketones (excluding diaryl/α,β-unsaturated/α-hetero) is 1. The molecular weight excluding hydrogens is 504 g/mol. The Hall–Kier alpha value is -5.19. The monoisotopic (exact) mass is 532 g/mol. The first kappa shape index (κ1) is 28.4. The van der Waals surface area contributed by atoms with Crippen molar-refractivity contribution in [2.45, 2.75) is 25.3 Å². The molecule has 202 valence electrons. The highest BCUT2D eigenvalue weighted by Gasteiger charge is 2.20. The number of ether oxygens (including phenoxy) is 1. The number of nitrogens with one attached hydrogen (secondary N) is 2. The number of nitrogen functional groups attached to an aromatic ring is 2. The first-order valence-corrected chi connectivity index (χ1v) is 11.9.